The number of aliphatic hydroxyl groups is 1. The first kappa shape index (κ1) is 26.8. The summed E-state index contributed by atoms with van der Waals surface area (Å²) in [6.07, 6.45) is -5.24. The maximum absolute atomic E-state index is 13.0. The van der Waals surface area contributed by atoms with Crippen molar-refractivity contribution in [3.8, 4) is 0 Å². The van der Waals surface area contributed by atoms with Crippen molar-refractivity contribution in [3.05, 3.63) is 35.4 Å². The van der Waals surface area contributed by atoms with Crippen molar-refractivity contribution in [2.45, 2.75) is 18.4 Å². The largest absolute Gasteiger partial charge is 0.416 e. The van der Waals surface area contributed by atoms with Gasteiger partial charge in [-0.2, -0.15) is 13.2 Å². The van der Waals surface area contributed by atoms with E-state index in [2.05, 4.69) is 9.80 Å². The van der Waals surface area contributed by atoms with Gasteiger partial charge in [0, 0.05) is 65.0 Å². The van der Waals surface area contributed by atoms with E-state index in [1.165, 1.54) is 19.2 Å². The van der Waals surface area contributed by atoms with Gasteiger partial charge in [0.25, 0.3) is 5.91 Å². The van der Waals surface area contributed by atoms with E-state index in [0.717, 1.165) is 25.2 Å². The topological polar surface area (TPSA) is 74.7 Å². The van der Waals surface area contributed by atoms with Gasteiger partial charge in [-0.05, 0) is 24.3 Å². The highest BCUT2D eigenvalue weighted by molar-refractivity contribution is 5.94. The van der Waals surface area contributed by atoms with Crippen LogP contribution >= 0.6 is 0 Å². The molecule has 3 rings (SSSR count). The van der Waals surface area contributed by atoms with Gasteiger partial charge in [-0.3, -0.25) is 14.6 Å². The summed E-state index contributed by atoms with van der Waals surface area (Å²) in [4.78, 5) is 18.9. The molecule has 1 N–H and O–H groups in total. The van der Waals surface area contributed by atoms with E-state index >= 15 is 0 Å². The molecule has 1 amide bonds. The lowest BCUT2D eigenvalue weighted by Gasteiger charge is -2.37. The number of hydrogen-bond acceptors (Lipinski definition) is 7. The molecule has 2 saturated heterocycles. The van der Waals surface area contributed by atoms with Crippen molar-refractivity contribution in [2.24, 2.45) is 0 Å². The Morgan fingerprint density at radius 2 is 1.79 bits per heavy atom. The predicted molar refractivity (Wildman–Crippen MR) is 119 cm³/mol. The predicted octanol–water partition coefficient (Wildman–Crippen LogP) is 1.19. The van der Waals surface area contributed by atoms with Gasteiger partial charge in [-0.15, -0.1) is 0 Å². The Morgan fingerprint density at radius 1 is 1.15 bits per heavy atom. The minimum atomic E-state index is -4.46. The van der Waals surface area contributed by atoms with E-state index < -0.39 is 17.8 Å². The molecule has 2 heterocycles. The van der Waals surface area contributed by atoms with Crippen LogP contribution in [0.4, 0.5) is 13.2 Å². The SMILES string of the molecule is COCCN(C[C@H]1CN(C[C@H](O)CN2CCOCC2)CCO1)C(=O)c1ccc(C(F)(F)F)cc1. The summed E-state index contributed by atoms with van der Waals surface area (Å²) in [5, 5.41) is 10.5. The summed E-state index contributed by atoms with van der Waals surface area (Å²) < 4.78 is 54.9. The summed E-state index contributed by atoms with van der Waals surface area (Å²) in [6, 6.07) is 4.22. The second kappa shape index (κ2) is 12.8. The third kappa shape index (κ3) is 8.17. The van der Waals surface area contributed by atoms with E-state index in [-0.39, 0.29) is 30.7 Å². The highest BCUT2D eigenvalue weighted by atomic mass is 19.4. The van der Waals surface area contributed by atoms with Crippen molar-refractivity contribution >= 4 is 5.91 Å². The number of amides is 1. The fourth-order valence-corrected chi connectivity index (χ4v) is 4.20. The molecule has 0 radical (unpaired) electrons. The molecule has 0 saturated carbocycles. The third-order valence-electron chi connectivity index (χ3n) is 6.00. The molecular formula is C23H34F3N3O5. The summed E-state index contributed by atoms with van der Waals surface area (Å²) in [5.74, 6) is -0.376. The molecule has 1 aromatic rings. The number of nitrogens with zero attached hydrogens (tertiary/aromatic N) is 3. The lowest BCUT2D eigenvalue weighted by Crippen LogP contribution is -2.52. The summed E-state index contributed by atoms with van der Waals surface area (Å²) in [5.41, 5.74) is -0.618. The number of β-amino-alcohol motifs (C(OH)–C–C–N with tert-alkyl or cyclic N) is 1. The molecule has 192 valence electrons. The molecule has 0 bridgehead atoms. The van der Waals surface area contributed by atoms with Gasteiger partial charge in [0.05, 0.1) is 44.2 Å². The van der Waals surface area contributed by atoms with Crippen molar-refractivity contribution in [1.82, 2.24) is 14.7 Å². The Hall–Kier alpha value is -1.76. The zero-order valence-electron chi connectivity index (χ0n) is 19.5. The number of ether oxygens (including phenoxy) is 3. The molecule has 8 nitrogen and oxygen atoms in total. The summed E-state index contributed by atoms with van der Waals surface area (Å²) in [7, 11) is 1.52. The number of alkyl halides is 3. The first-order valence-electron chi connectivity index (χ1n) is 11.5. The van der Waals surface area contributed by atoms with Crippen molar-refractivity contribution < 1.29 is 37.3 Å². The molecule has 0 aromatic heterocycles. The molecule has 2 fully saturated rings. The summed E-state index contributed by atoms with van der Waals surface area (Å²) >= 11 is 0. The van der Waals surface area contributed by atoms with Gasteiger partial charge in [-0.25, -0.2) is 0 Å². The van der Waals surface area contributed by atoms with Crippen LogP contribution in [0.25, 0.3) is 0 Å². The lowest BCUT2D eigenvalue weighted by atomic mass is 10.1. The van der Waals surface area contributed by atoms with Gasteiger partial charge in [-0.1, -0.05) is 0 Å². The first-order valence-corrected chi connectivity index (χ1v) is 11.5. The molecule has 34 heavy (non-hydrogen) atoms. The van der Waals surface area contributed by atoms with Crippen LogP contribution in [0.3, 0.4) is 0 Å². The van der Waals surface area contributed by atoms with Crippen molar-refractivity contribution in [1.29, 1.82) is 0 Å². The monoisotopic (exact) mass is 489 g/mol. The van der Waals surface area contributed by atoms with Crippen LogP contribution in [0.15, 0.2) is 24.3 Å². The molecule has 1 aromatic carbocycles. The molecular weight excluding hydrogens is 455 g/mol. The maximum atomic E-state index is 13.0. The highest BCUT2D eigenvalue weighted by Gasteiger charge is 2.31. The van der Waals surface area contributed by atoms with Crippen LogP contribution in [0.1, 0.15) is 15.9 Å². The number of benzene rings is 1. The number of halogens is 3. The molecule has 2 atom stereocenters. The molecule has 0 spiro atoms. The van der Waals surface area contributed by atoms with Crippen LogP contribution < -0.4 is 0 Å². The number of carbonyl (C=O) groups is 1. The Labute approximate surface area is 198 Å². The molecule has 11 heteroatoms. The van der Waals surface area contributed by atoms with Gasteiger partial charge in [0.1, 0.15) is 0 Å². The Bertz CT molecular complexity index is 759. The number of methoxy groups -OCH3 is 1. The second-order valence-corrected chi connectivity index (χ2v) is 8.64. The van der Waals surface area contributed by atoms with Crippen molar-refractivity contribution in [2.75, 3.05) is 85.9 Å². The van der Waals surface area contributed by atoms with Gasteiger partial charge >= 0.3 is 6.18 Å². The normalized spacial score (nSPS) is 21.4. The Kier molecular flexibility index (Phi) is 10.1. The Balaban J connectivity index is 1.56. The summed E-state index contributed by atoms with van der Waals surface area (Å²) in [6.45, 7) is 6.61. The van der Waals surface area contributed by atoms with E-state index in [0.29, 0.717) is 52.6 Å². The smallest absolute Gasteiger partial charge is 0.390 e. The molecule has 2 aliphatic rings. The van der Waals surface area contributed by atoms with E-state index in [4.69, 9.17) is 14.2 Å². The number of aliphatic hydroxyl groups excluding tert-OH is 1. The van der Waals surface area contributed by atoms with E-state index in [1.54, 1.807) is 4.90 Å². The van der Waals surface area contributed by atoms with Crippen LogP contribution in [-0.4, -0.2) is 124 Å². The van der Waals surface area contributed by atoms with E-state index in [1.807, 2.05) is 0 Å². The van der Waals surface area contributed by atoms with Gasteiger partial charge < -0.3 is 24.2 Å². The average Bonchev–Trinajstić information content (AvgIpc) is 2.81. The van der Waals surface area contributed by atoms with Gasteiger partial charge in [0.2, 0.25) is 0 Å². The zero-order valence-corrected chi connectivity index (χ0v) is 19.5. The average molecular weight is 490 g/mol. The fourth-order valence-electron chi connectivity index (χ4n) is 4.20. The minimum absolute atomic E-state index is 0.178. The second-order valence-electron chi connectivity index (χ2n) is 8.64. The number of morpholine rings is 2. The zero-order chi connectivity index (χ0) is 24.6. The van der Waals surface area contributed by atoms with Crippen LogP contribution in [0.2, 0.25) is 0 Å². The Morgan fingerprint density at radius 3 is 2.44 bits per heavy atom. The number of rotatable bonds is 10. The number of hydrogen-bond donors (Lipinski definition) is 1. The van der Waals surface area contributed by atoms with Crippen molar-refractivity contribution in [3.63, 3.8) is 0 Å². The molecule has 2 aliphatic heterocycles. The molecule has 0 unspecified atom stereocenters. The minimum Gasteiger partial charge on any atom is -0.390 e. The fraction of sp³-hybridized carbons (Fsp3) is 0.696. The quantitative estimate of drug-likeness (QED) is 0.529. The lowest BCUT2D eigenvalue weighted by molar-refractivity contribution is -0.137. The van der Waals surface area contributed by atoms with Crippen LogP contribution in [0.5, 0.6) is 0 Å². The molecule has 0 aliphatic carbocycles. The van der Waals surface area contributed by atoms with Crippen LogP contribution in [-0.2, 0) is 20.4 Å². The van der Waals surface area contributed by atoms with E-state index in [9.17, 15) is 23.1 Å². The van der Waals surface area contributed by atoms with Crippen LogP contribution in [0, 0.1) is 0 Å². The first-order chi connectivity index (χ1) is 16.3. The standard InChI is InChI=1S/C23H34F3N3O5/c1-32-10-9-29(22(31)18-2-4-19(5-3-18)23(24,25)26)17-21-16-28(8-13-34-21)15-20(30)14-27-6-11-33-12-7-27/h2-5,20-21,30H,6-17H2,1H3/t20-,21-/m1/s1. The number of carbonyl (C=O) groups excluding carboxylic acids is 1. The van der Waals surface area contributed by atoms with Gasteiger partial charge in [0.15, 0.2) is 0 Å². The maximum Gasteiger partial charge on any atom is 0.416 e. The third-order valence-corrected chi connectivity index (χ3v) is 6.00. The highest BCUT2D eigenvalue weighted by Crippen LogP contribution is 2.29.